The van der Waals surface area contributed by atoms with Gasteiger partial charge in [-0.25, -0.2) is 9.97 Å². The van der Waals surface area contributed by atoms with Gasteiger partial charge in [-0.15, -0.1) is 0 Å². The summed E-state index contributed by atoms with van der Waals surface area (Å²) in [5.41, 5.74) is 7.35. The highest BCUT2D eigenvalue weighted by Crippen LogP contribution is 2.25. The lowest BCUT2D eigenvalue weighted by atomic mass is 10.1. The largest absolute Gasteiger partial charge is 0.484 e. The third-order valence-corrected chi connectivity index (χ3v) is 3.84. The number of carbonyl (C=O) groups excluding carboxylic acids is 1. The normalized spacial score (nSPS) is 11.8. The van der Waals surface area contributed by atoms with Crippen molar-refractivity contribution in [2.24, 2.45) is 0 Å². The Kier molecular flexibility index (Phi) is 5.73. The second kappa shape index (κ2) is 7.77. The van der Waals surface area contributed by atoms with E-state index < -0.39 is 6.10 Å². The molecule has 1 atom stereocenters. The van der Waals surface area contributed by atoms with Crippen LogP contribution in [0.1, 0.15) is 48.6 Å². The number of nitrogen functional groups attached to an aromatic ring is 1. The summed E-state index contributed by atoms with van der Waals surface area (Å²) in [5.74, 6) is 0.749. The molecule has 1 aromatic heterocycles. The maximum Gasteiger partial charge on any atom is 0.257 e. The fraction of sp³-hybridized carbons (Fsp3) is 0.389. The Labute approximate surface area is 142 Å². The highest BCUT2D eigenvalue weighted by atomic mass is 16.5. The van der Waals surface area contributed by atoms with Gasteiger partial charge in [-0.3, -0.25) is 4.79 Å². The number of carbonyl (C=O) groups is 1. The van der Waals surface area contributed by atoms with Crippen LogP contribution in [-0.4, -0.2) is 33.9 Å². The van der Waals surface area contributed by atoms with Gasteiger partial charge in [-0.1, -0.05) is 18.2 Å². The van der Waals surface area contributed by atoms with Crippen LogP contribution in [-0.2, 0) is 0 Å². The molecular weight excluding hydrogens is 304 g/mol. The van der Waals surface area contributed by atoms with E-state index in [0.717, 1.165) is 0 Å². The van der Waals surface area contributed by atoms with Gasteiger partial charge < -0.3 is 15.4 Å². The second-order valence-electron chi connectivity index (χ2n) is 5.48. The van der Waals surface area contributed by atoms with Gasteiger partial charge in [0.1, 0.15) is 11.9 Å². The lowest BCUT2D eigenvalue weighted by Gasteiger charge is -2.23. The lowest BCUT2D eigenvalue weighted by molar-refractivity contribution is 0.0765. The van der Waals surface area contributed by atoms with Crippen LogP contribution in [0.15, 0.2) is 30.3 Å². The molecule has 6 nitrogen and oxygen atoms in total. The van der Waals surface area contributed by atoms with Gasteiger partial charge in [-0.05, 0) is 39.8 Å². The topological polar surface area (TPSA) is 81.3 Å². The molecule has 6 heteroatoms. The van der Waals surface area contributed by atoms with Crippen LogP contribution in [0.5, 0.6) is 5.75 Å². The third kappa shape index (κ3) is 3.82. The summed E-state index contributed by atoms with van der Waals surface area (Å²) in [7, 11) is 0. The molecule has 0 spiro atoms. The Bertz CT molecular complexity index is 700. The number of nitrogens with two attached hydrogens (primary N) is 1. The number of hydrogen-bond donors (Lipinski definition) is 1. The zero-order valence-electron chi connectivity index (χ0n) is 14.6. The SMILES string of the molecule is CCN(CC)C(=O)c1c(C)nc(N)nc1C(C)Oc1ccccc1. The molecule has 0 fully saturated rings. The van der Waals surface area contributed by atoms with Gasteiger partial charge in [0.25, 0.3) is 5.91 Å². The van der Waals surface area contributed by atoms with E-state index in [1.165, 1.54) is 0 Å². The van der Waals surface area contributed by atoms with Gasteiger partial charge in [0.2, 0.25) is 5.95 Å². The fourth-order valence-corrected chi connectivity index (χ4v) is 2.60. The summed E-state index contributed by atoms with van der Waals surface area (Å²) in [4.78, 5) is 23.1. The molecule has 0 saturated carbocycles. The minimum Gasteiger partial charge on any atom is -0.484 e. The molecule has 2 rings (SSSR count). The molecular formula is C18H24N4O2. The van der Waals surface area contributed by atoms with E-state index in [0.29, 0.717) is 35.8 Å². The number of nitrogens with zero attached hydrogens (tertiary/aromatic N) is 3. The molecule has 0 aliphatic heterocycles. The standard InChI is InChI=1S/C18H24N4O2/c1-5-22(6-2)17(23)15-12(3)20-18(19)21-16(15)13(4)24-14-10-8-7-9-11-14/h7-11,13H,5-6H2,1-4H3,(H2,19,20,21). The molecule has 128 valence electrons. The van der Waals surface area contributed by atoms with Crippen molar-refractivity contribution in [2.75, 3.05) is 18.8 Å². The summed E-state index contributed by atoms with van der Waals surface area (Å²) in [5, 5.41) is 0. The van der Waals surface area contributed by atoms with Crippen molar-refractivity contribution < 1.29 is 9.53 Å². The Morgan fingerprint density at radius 1 is 1.21 bits per heavy atom. The van der Waals surface area contributed by atoms with Crippen molar-refractivity contribution in [3.63, 3.8) is 0 Å². The molecule has 1 heterocycles. The van der Waals surface area contributed by atoms with Crippen molar-refractivity contribution in [3.8, 4) is 5.75 Å². The third-order valence-electron chi connectivity index (χ3n) is 3.84. The summed E-state index contributed by atoms with van der Waals surface area (Å²) in [6.45, 7) is 8.75. The monoisotopic (exact) mass is 328 g/mol. The first-order valence-corrected chi connectivity index (χ1v) is 8.12. The molecule has 0 aliphatic rings. The summed E-state index contributed by atoms with van der Waals surface area (Å²) >= 11 is 0. The Morgan fingerprint density at radius 2 is 1.83 bits per heavy atom. The quantitative estimate of drug-likeness (QED) is 0.881. The highest BCUT2D eigenvalue weighted by Gasteiger charge is 2.25. The minimum absolute atomic E-state index is 0.101. The van der Waals surface area contributed by atoms with Crippen molar-refractivity contribution in [3.05, 3.63) is 47.3 Å². The molecule has 1 unspecified atom stereocenters. The number of rotatable bonds is 6. The van der Waals surface area contributed by atoms with Crippen LogP contribution >= 0.6 is 0 Å². The van der Waals surface area contributed by atoms with E-state index >= 15 is 0 Å². The zero-order chi connectivity index (χ0) is 17.7. The van der Waals surface area contributed by atoms with Crippen molar-refractivity contribution >= 4 is 11.9 Å². The van der Waals surface area contributed by atoms with Gasteiger partial charge >= 0.3 is 0 Å². The predicted octanol–water partition coefficient (Wildman–Crippen LogP) is 2.99. The van der Waals surface area contributed by atoms with Crippen molar-refractivity contribution in [1.29, 1.82) is 0 Å². The maximum atomic E-state index is 12.9. The Balaban J connectivity index is 2.42. The zero-order valence-corrected chi connectivity index (χ0v) is 14.6. The molecule has 1 amide bonds. The van der Waals surface area contributed by atoms with Crippen LogP contribution in [0.3, 0.4) is 0 Å². The minimum atomic E-state index is -0.425. The number of aromatic nitrogens is 2. The van der Waals surface area contributed by atoms with Crippen molar-refractivity contribution in [2.45, 2.75) is 33.8 Å². The smallest absolute Gasteiger partial charge is 0.257 e. The molecule has 1 aromatic carbocycles. The van der Waals surface area contributed by atoms with Gasteiger partial charge in [0, 0.05) is 13.1 Å². The molecule has 0 radical (unpaired) electrons. The van der Waals surface area contributed by atoms with E-state index in [1.54, 1.807) is 11.8 Å². The molecule has 0 aliphatic carbocycles. The summed E-state index contributed by atoms with van der Waals surface area (Å²) in [6.07, 6.45) is -0.425. The number of benzene rings is 1. The van der Waals surface area contributed by atoms with Gasteiger partial charge in [0.05, 0.1) is 17.0 Å². The first-order valence-electron chi connectivity index (χ1n) is 8.12. The van der Waals surface area contributed by atoms with Crippen LogP contribution < -0.4 is 10.5 Å². The van der Waals surface area contributed by atoms with E-state index in [-0.39, 0.29) is 11.9 Å². The summed E-state index contributed by atoms with van der Waals surface area (Å²) in [6, 6.07) is 9.42. The highest BCUT2D eigenvalue weighted by molar-refractivity contribution is 5.96. The number of anilines is 1. The van der Waals surface area contributed by atoms with E-state index in [4.69, 9.17) is 10.5 Å². The van der Waals surface area contributed by atoms with Crippen LogP contribution in [0.4, 0.5) is 5.95 Å². The second-order valence-corrected chi connectivity index (χ2v) is 5.48. The van der Waals surface area contributed by atoms with Crippen molar-refractivity contribution in [1.82, 2.24) is 14.9 Å². The van der Waals surface area contributed by atoms with Gasteiger partial charge in [-0.2, -0.15) is 0 Å². The molecule has 0 saturated heterocycles. The van der Waals surface area contributed by atoms with Gasteiger partial charge in [0.15, 0.2) is 0 Å². The number of amides is 1. The first-order chi connectivity index (χ1) is 11.5. The average molecular weight is 328 g/mol. The van der Waals surface area contributed by atoms with Crippen LogP contribution in [0.25, 0.3) is 0 Å². The first kappa shape index (κ1) is 17.7. The predicted molar refractivity (Wildman–Crippen MR) is 93.9 cm³/mol. The Morgan fingerprint density at radius 3 is 2.42 bits per heavy atom. The molecule has 2 N–H and O–H groups in total. The molecule has 2 aromatic rings. The number of aryl methyl sites for hydroxylation is 1. The number of ether oxygens (including phenoxy) is 1. The van der Waals surface area contributed by atoms with E-state index in [2.05, 4.69) is 9.97 Å². The van der Waals surface area contributed by atoms with E-state index in [1.807, 2.05) is 51.1 Å². The maximum absolute atomic E-state index is 12.9. The summed E-state index contributed by atoms with van der Waals surface area (Å²) < 4.78 is 5.93. The fourth-order valence-electron chi connectivity index (χ4n) is 2.60. The Hall–Kier alpha value is -2.63. The molecule has 0 bridgehead atoms. The van der Waals surface area contributed by atoms with E-state index in [9.17, 15) is 4.79 Å². The average Bonchev–Trinajstić information content (AvgIpc) is 2.56. The van der Waals surface area contributed by atoms with Crippen LogP contribution in [0.2, 0.25) is 0 Å². The van der Waals surface area contributed by atoms with Crippen LogP contribution in [0, 0.1) is 6.92 Å². The number of para-hydroxylation sites is 1. The molecule has 24 heavy (non-hydrogen) atoms. The number of hydrogen-bond acceptors (Lipinski definition) is 5. The lowest BCUT2D eigenvalue weighted by Crippen LogP contribution is -2.33.